The zero-order valence-electron chi connectivity index (χ0n) is 14.2. The first kappa shape index (κ1) is 16.4. The molecule has 26 heavy (non-hydrogen) atoms. The Hall–Kier alpha value is -3.12. The molecule has 0 atom stereocenters. The number of nitrogens with zero attached hydrogens (tertiary/aromatic N) is 1. The number of para-hydroxylation sites is 1. The first-order valence-corrected chi connectivity index (χ1v) is 9.08. The van der Waals surface area contributed by atoms with Gasteiger partial charge in [-0.05, 0) is 25.1 Å². The summed E-state index contributed by atoms with van der Waals surface area (Å²) >= 11 is 1.40. The molecule has 130 valence electrons. The number of thiazole rings is 1. The van der Waals surface area contributed by atoms with Gasteiger partial charge in [-0.15, -0.1) is 11.3 Å². The summed E-state index contributed by atoms with van der Waals surface area (Å²) in [6, 6.07) is 15.6. The molecule has 1 amide bonds. The molecule has 0 unspecified atom stereocenters. The van der Waals surface area contributed by atoms with Crippen molar-refractivity contribution in [3.63, 3.8) is 0 Å². The summed E-state index contributed by atoms with van der Waals surface area (Å²) < 4.78 is 5.49. The van der Waals surface area contributed by atoms with Gasteiger partial charge in [-0.1, -0.05) is 35.9 Å². The summed E-state index contributed by atoms with van der Waals surface area (Å²) in [4.78, 5) is 19.8. The lowest BCUT2D eigenvalue weighted by molar-refractivity contribution is -0.118. The highest BCUT2D eigenvalue weighted by Gasteiger charge is 2.11. The van der Waals surface area contributed by atoms with E-state index in [4.69, 9.17) is 4.74 Å². The van der Waals surface area contributed by atoms with E-state index in [1.807, 2.05) is 67.0 Å². The third kappa shape index (κ3) is 3.45. The van der Waals surface area contributed by atoms with E-state index in [2.05, 4.69) is 15.3 Å². The summed E-state index contributed by atoms with van der Waals surface area (Å²) in [7, 11) is 0. The Kier molecular flexibility index (Phi) is 4.41. The van der Waals surface area contributed by atoms with Crippen molar-refractivity contribution in [1.82, 2.24) is 9.97 Å². The molecule has 0 bridgehead atoms. The highest BCUT2D eigenvalue weighted by molar-refractivity contribution is 7.14. The molecular weight excluding hydrogens is 346 g/mol. The van der Waals surface area contributed by atoms with E-state index in [1.54, 1.807) is 0 Å². The standard InChI is InChI=1S/C20H17N3O2S/c1-13-6-8-14(9-7-13)25-11-19(24)23-20-22-18(12-26-20)16-10-21-17-5-3-2-4-15(16)17/h2-10,12,21H,11H2,1H3,(H,22,23,24). The van der Waals surface area contributed by atoms with Crippen LogP contribution in [0.1, 0.15) is 5.56 Å². The lowest BCUT2D eigenvalue weighted by Crippen LogP contribution is -2.20. The summed E-state index contributed by atoms with van der Waals surface area (Å²) in [5.41, 5.74) is 4.07. The van der Waals surface area contributed by atoms with Gasteiger partial charge in [-0.25, -0.2) is 4.98 Å². The fourth-order valence-corrected chi connectivity index (χ4v) is 3.40. The van der Waals surface area contributed by atoms with Crippen LogP contribution in [0, 0.1) is 6.92 Å². The van der Waals surface area contributed by atoms with Crippen molar-refractivity contribution in [3.05, 3.63) is 65.7 Å². The Labute approximate surface area is 154 Å². The van der Waals surface area contributed by atoms with Crippen molar-refractivity contribution in [3.8, 4) is 17.0 Å². The fraction of sp³-hybridized carbons (Fsp3) is 0.100. The number of ether oxygens (including phenoxy) is 1. The van der Waals surface area contributed by atoms with Crippen molar-refractivity contribution >= 4 is 33.3 Å². The van der Waals surface area contributed by atoms with Crippen LogP contribution in [-0.2, 0) is 4.79 Å². The van der Waals surface area contributed by atoms with E-state index in [9.17, 15) is 4.79 Å². The summed E-state index contributed by atoms with van der Waals surface area (Å²) in [5, 5.41) is 6.39. The second-order valence-electron chi connectivity index (χ2n) is 5.94. The quantitative estimate of drug-likeness (QED) is 0.544. The topological polar surface area (TPSA) is 67.0 Å². The van der Waals surface area contributed by atoms with Crippen molar-refractivity contribution in [2.45, 2.75) is 6.92 Å². The monoisotopic (exact) mass is 363 g/mol. The molecule has 4 aromatic rings. The maximum Gasteiger partial charge on any atom is 0.264 e. The predicted octanol–water partition coefficient (Wildman–Crippen LogP) is 4.62. The van der Waals surface area contributed by atoms with Crippen molar-refractivity contribution < 1.29 is 9.53 Å². The zero-order chi connectivity index (χ0) is 17.9. The predicted molar refractivity (Wildman–Crippen MR) is 105 cm³/mol. The van der Waals surface area contributed by atoms with Crippen LogP contribution < -0.4 is 10.1 Å². The SMILES string of the molecule is Cc1ccc(OCC(=O)Nc2nc(-c3c[nH]c4ccccc34)cs2)cc1. The second kappa shape index (κ2) is 7.01. The molecule has 0 saturated carbocycles. The van der Waals surface area contributed by atoms with E-state index >= 15 is 0 Å². The minimum atomic E-state index is -0.231. The van der Waals surface area contributed by atoms with E-state index in [1.165, 1.54) is 11.3 Å². The number of aromatic nitrogens is 2. The molecule has 0 radical (unpaired) electrons. The Balaban J connectivity index is 1.41. The van der Waals surface area contributed by atoms with Gasteiger partial charge in [0.05, 0.1) is 5.69 Å². The number of hydrogen-bond donors (Lipinski definition) is 2. The average Bonchev–Trinajstić information content (AvgIpc) is 3.28. The molecular formula is C20H17N3O2S. The molecule has 0 aliphatic heterocycles. The number of fused-ring (bicyclic) bond motifs is 1. The number of H-pyrrole nitrogens is 1. The number of carbonyl (C=O) groups excluding carboxylic acids is 1. The van der Waals surface area contributed by atoms with E-state index in [-0.39, 0.29) is 12.5 Å². The second-order valence-corrected chi connectivity index (χ2v) is 6.79. The number of benzene rings is 2. The lowest BCUT2D eigenvalue weighted by Gasteiger charge is -2.05. The number of rotatable bonds is 5. The fourth-order valence-electron chi connectivity index (χ4n) is 2.68. The molecule has 0 aliphatic carbocycles. The van der Waals surface area contributed by atoms with Crippen LogP contribution in [0.5, 0.6) is 5.75 Å². The van der Waals surface area contributed by atoms with Gasteiger partial charge >= 0.3 is 0 Å². The summed E-state index contributed by atoms with van der Waals surface area (Å²) in [6.45, 7) is 1.95. The van der Waals surface area contributed by atoms with Crippen molar-refractivity contribution in [2.24, 2.45) is 0 Å². The molecule has 0 aliphatic rings. The van der Waals surface area contributed by atoms with Gasteiger partial charge in [0.25, 0.3) is 5.91 Å². The minimum absolute atomic E-state index is 0.0505. The third-order valence-electron chi connectivity index (χ3n) is 4.01. The molecule has 2 N–H and O–H groups in total. The van der Waals surface area contributed by atoms with Crippen LogP contribution in [0.2, 0.25) is 0 Å². The van der Waals surface area contributed by atoms with Crippen molar-refractivity contribution in [1.29, 1.82) is 0 Å². The Morgan fingerprint density at radius 2 is 2.00 bits per heavy atom. The van der Waals surface area contributed by atoms with Crippen LogP contribution >= 0.6 is 11.3 Å². The normalized spacial score (nSPS) is 10.8. The largest absolute Gasteiger partial charge is 0.484 e. The average molecular weight is 363 g/mol. The maximum atomic E-state index is 12.1. The van der Waals surface area contributed by atoms with Gasteiger partial charge in [0, 0.05) is 28.0 Å². The summed E-state index contributed by atoms with van der Waals surface area (Å²) in [5.74, 6) is 0.440. The van der Waals surface area contributed by atoms with Gasteiger partial charge in [0.15, 0.2) is 11.7 Å². The molecule has 2 aromatic heterocycles. The van der Waals surface area contributed by atoms with Crippen LogP contribution in [-0.4, -0.2) is 22.5 Å². The molecule has 2 heterocycles. The molecule has 0 spiro atoms. The number of amides is 1. The molecule has 0 saturated heterocycles. The summed E-state index contributed by atoms with van der Waals surface area (Å²) in [6.07, 6.45) is 1.94. The van der Waals surface area contributed by atoms with Gasteiger partial charge in [0.1, 0.15) is 5.75 Å². The van der Waals surface area contributed by atoms with E-state index in [0.29, 0.717) is 10.9 Å². The first-order chi connectivity index (χ1) is 12.7. The van der Waals surface area contributed by atoms with Crippen LogP contribution in [0.25, 0.3) is 22.2 Å². The molecule has 5 nitrogen and oxygen atoms in total. The first-order valence-electron chi connectivity index (χ1n) is 8.20. The van der Waals surface area contributed by atoms with Gasteiger partial charge in [-0.3, -0.25) is 10.1 Å². The zero-order valence-corrected chi connectivity index (χ0v) is 15.0. The number of aryl methyl sites for hydroxylation is 1. The highest BCUT2D eigenvalue weighted by Crippen LogP contribution is 2.30. The molecule has 0 fully saturated rings. The number of anilines is 1. The highest BCUT2D eigenvalue weighted by atomic mass is 32.1. The number of hydrogen-bond acceptors (Lipinski definition) is 4. The van der Waals surface area contributed by atoms with E-state index in [0.717, 1.165) is 27.7 Å². The van der Waals surface area contributed by atoms with Crippen LogP contribution in [0.15, 0.2) is 60.1 Å². The van der Waals surface area contributed by atoms with Gasteiger partial charge < -0.3 is 9.72 Å². The smallest absolute Gasteiger partial charge is 0.264 e. The Bertz CT molecular complexity index is 1050. The Morgan fingerprint density at radius 3 is 2.85 bits per heavy atom. The maximum absolute atomic E-state index is 12.1. The van der Waals surface area contributed by atoms with Crippen molar-refractivity contribution in [2.75, 3.05) is 11.9 Å². The minimum Gasteiger partial charge on any atom is -0.484 e. The molecule has 4 rings (SSSR count). The third-order valence-corrected chi connectivity index (χ3v) is 4.76. The van der Waals surface area contributed by atoms with Gasteiger partial charge in [0.2, 0.25) is 0 Å². The molecule has 6 heteroatoms. The lowest BCUT2D eigenvalue weighted by atomic mass is 10.1. The van der Waals surface area contributed by atoms with Gasteiger partial charge in [-0.2, -0.15) is 0 Å². The number of nitrogens with one attached hydrogen (secondary N) is 2. The Morgan fingerprint density at radius 1 is 1.19 bits per heavy atom. The van der Waals surface area contributed by atoms with Crippen LogP contribution in [0.4, 0.5) is 5.13 Å². The van der Waals surface area contributed by atoms with Crippen LogP contribution in [0.3, 0.4) is 0 Å². The number of carbonyl (C=O) groups is 1. The van der Waals surface area contributed by atoms with E-state index < -0.39 is 0 Å². The number of aromatic amines is 1. The molecule has 2 aromatic carbocycles.